The molecule has 1 N–H and O–H groups in total. The van der Waals surface area contributed by atoms with E-state index in [4.69, 9.17) is 0 Å². The molecule has 0 amide bonds. The molecule has 1 rings (SSSR count). The summed E-state index contributed by atoms with van der Waals surface area (Å²) in [4.78, 5) is 8.06. The molecule has 0 fully saturated rings. The molecular formula is C10H15N3. The number of anilines is 1. The molecule has 0 aliphatic carbocycles. The SMILES string of the molecule is CC(C)=CCCNc1cnccn1. The molecule has 0 saturated heterocycles. The number of nitrogens with one attached hydrogen (secondary N) is 1. The van der Waals surface area contributed by atoms with Crippen LogP contribution >= 0.6 is 0 Å². The Morgan fingerprint density at radius 2 is 2.31 bits per heavy atom. The first-order valence-corrected chi connectivity index (χ1v) is 4.42. The van der Waals surface area contributed by atoms with Crippen LogP contribution < -0.4 is 5.32 Å². The molecule has 0 saturated carbocycles. The molecule has 0 radical (unpaired) electrons. The highest BCUT2D eigenvalue weighted by molar-refractivity contribution is 5.29. The van der Waals surface area contributed by atoms with E-state index < -0.39 is 0 Å². The van der Waals surface area contributed by atoms with Crippen molar-refractivity contribution in [3.8, 4) is 0 Å². The molecule has 0 atom stereocenters. The van der Waals surface area contributed by atoms with Crippen LogP contribution in [-0.4, -0.2) is 16.5 Å². The second-order valence-corrected chi connectivity index (χ2v) is 3.09. The third-order valence-corrected chi connectivity index (χ3v) is 1.57. The van der Waals surface area contributed by atoms with Crippen LogP contribution in [0.4, 0.5) is 5.82 Å². The lowest BCUT2D eigenvalue weighted by Crippen LogP contribution is -2.02. The molecule has 0 aromatic carbocycles. The van der Waals surface area contributed by atoms with Gasteiger partial charge in [0.05, 0.1) is 6.20 Å². The summed E-state index contributed by atoms with van der Waals surface area (Å²) in [5.74, 6) is 0.838. The molecule has 0 spiro atoms. The van der Waals surface area contributed by atoms with Crippen molar-refractivity contribution < 1.29 is 0 Å². The molecule has 0 unspecified atom stereocenters. The van der Waals surface area contributed by atoms with E-state index in [-0.39, 0.29) is 0 Å². The van der Waals surface area contributed by atoms with Crippen molar-refractivity contribution in [1.29, 1.82) is 0 Å². The van der Waals surface area contributed by atoms with E-state index in [2.05, 4.69) is 35.2 Å². The molecule has 0 aliphatic rings. The summed E-state index contributed by atoms with van der Waals surface area (Å²) in [5, 5.41) is 3.18. The standard InChI is InChI=1S/C10H15N3/c1-9(2)4-3-5-12-10-8-11-6-7-13-10/h4,6-8H,3,5H2,1-2H3,(H,12,13). The molecule has 0 aliphatic heterocycles. The zero-order chi connectivity index (χ0) is 9.52. The molecule has 70 valence electrons. The predicted molar refractivity (Wildman–Crippen MR) is 54.6 cm³/mol. The largest absolute Gasteiger partial charge is 0.368 e. The van der Waals surface area contributed by atoms with E-state index in [1.54, 1.807) is 18.6 Å². The summed E-state index contributed by atoms with van der Waals surface area (Å²) in [5.41, 5.74) is 1.35. The monoisotopic (exact) mass is 177 g/mol. The van der Waals surface area contributed by atoms with E-state index in [9.17, 15) is 0 Å². The Balaban J connectivity index is 2.25. The van der Waals surface area contributed by atoms with Gasteiger partial charge in [0, 0.05) is 18.9 Å². The Kier molecular flexibility index (Phi) is 3.96. The van der Waals surface area contributed by atoms with Gasteiger partial charge in [-0.15, -0.1) is 0 Å². The summed E-state index contributed by atoms with van der Waals surface area (Å²) in [6.45, 7) is 5.11. The molecule has 3 heteroatoms. The van der Waals surface area contributed by atoms with E-state index in [1.807, 2.05) is 0 Å². The minimum atomic E-state index is 0.838. The van der Waals surface area contributed by atoms with Crippen LogP contribution in [0.3, 0.4) is 0 Å². The van der Waals surface area contributed by atoms with Crippen molar-refractivity contribution >= 4 is 5.82 Å². The van der Waals surface area contributed by atoms with Gasteiger partial charge in [-0.3, -0.25) is 4.98 Å². The number of aromatic nitrogens is 2. The lowest BCUT2D eigenvalue weighted by atomic mass is 10.3. The van der Waals surface area contributed by atoms with Gasteiger partial charge in [-0.25, -0.2) is 4.98 Å². The Hall–Kier alpha value is -1.38. The van der Waals surface area contributed by atoms with Crippen molar-refractivity contribution in [2.75, 3.05) is 11.9 Å². The molecular weight excluding hydrogens is 162 g/mol. The Bertz CT molecular complexity index is 263. The zero-order valence-electron chi connectivity index (χ0n) is 8.12. The molecule has 1 aromatic heterocycles. The molecule has 3 nitrogen and oxygen atoms in total. The van der Waals surface area contributed by atoms with Gasteiger partial charge in [0.15, 0.2) is 0 Å². The normalized spacial score (nSPS) is 9.38. The van der Waals surface area contributed by atoms with Gasteiger partial charge in [0.25, 0.3) is 0 Å². The van der Waals surface area contributed by atoms with Gasteiger partial charge in [0.1, 0.15) is 5.82 Å². The summed E-state index contributed by atoms with van der Waals surface area (Å²) in [6.07, 6.45) is 8.30. The van der Waals surface area contributed by atoms with Crippen LogP contribution in [0.15, 0.2) is 30.2 Å². The highest BCUT2D eigenvalue weighted by Gasteiger charge is 1.88. The Morgan fingerprint density at radius 1 is 1.46 bits per heavy atom. The first kappa shape index (κ1) is 9.71. The van der Waals surface area contributed by atoms with Crippen LogP contribution in [0.5, 0.6) is 0 Å². The number of hydrogen-bond acceptors (Lipinski definition) is 3. The van der Waals surface area contributed by atoms with E-state index in [1.165, 1.54) is 5.57 Å². The Labute approximate surface area is 78.9 Å². The summed E-state index contributed by atoms with van der Waals surface area (Å²) >= 11 is 0. The minimum Gasteiger partial charge on any atom is -0.368 e. The smallest absolute Gasteiger partial charge is 0.144 e. The van der Waals surface area contributed by atoms with E-state index >= 15 is 0 Å². The summed E-state index contributed by atoms with van der Waals surface area (Å²) in [6, 6.07) is 0. The second-order valence-electron chi connectivity index (χ2n) is 3.09. The molecule has 1 aromatic rings. The topological polar surface area (TPSA) is 37.8 Å². The first-order chi connectivity index (χ1) is 6.29. The minimum absolute atomic E-state index is 0.838. The maximum absolute atomic E-state index is 4.10. The average molecular weight is 177 g/mol. The zero-order valence-corrected chi connectivity index (χ0v) is 8.12. The summed E-state index contributed by atoms with van der Waals surface area (Å²) in [7, 11) is 0. The average Bonchev–Trinajstić information content (AvgIpc) is 2.14. The van der Waals surface area contributed by atoms with Crippen molar-refractivity contribution in [3.63, 3.8) is 0 Å². The fourth-order valence-electron chi connectivity index (χ4n) is 0.951. The van der Waals surface area contributed by atoms with Gasteiger partial charge in [-0.2, -0.15) is 0 Å². The molecule has 1 heterocycles. The molecule has 13 heavy (non-hydrogen) atoms. The van der Waals surface area contributed by atoms with Gasteiger partial charge in [0.2, 0.25) is 0 Å². The van der Waals surface area contributed by atoms with Gasteiger partial charge < -0.3 is 5.32 Å². The van der Waals surface area contributed by atoms with Crippen LogP contribution in [0.1, 0.15) is 20.3 Å². The van der Waals surface area contributed by atoms with Crippen molar-refractivity contribution in [2.45, 2.75) is 20.3 Å². The fraction of sp³-hybridized carbons (Fsp3) is 0.400. The number of nitrogens with zero attached hydrogens (tertiary/aromatic N) is 2. The van der Waals surface area contributed by atoms with Gasteiger partial charge in [-0.05, 0) is 20.3 Å². The lowest BCUT2D eigenvalue weighted by molar-refractivity contribution is 1.02. The number of hydrogen-bond donors (Lipinski definition) is 1. The third-order valence-electron chi connectivity index (χ3n) is 1.57. The predicted octanol–water partition coefficient (Wildman–Crippen LogP) is 2.24. The van der Waals surface area contributed by atoms with E-state index in [0.717, 1.165) is 18.8 Å². The number of rotatable bonds is 4. The van der Waals surface area contributed by atoms with E-state index in [0.29, 0.717) is 0 Å². The maximum atomic E-state index is 4.10. The van der Waals surface area contributed by atoms with Crippen LogP contribution in [0.25, 0.3) is 0 Å². The quantitative estimate of drug-likeness (QED) is 0.566. The molecule has 0 bridgehead atoms. The van der Waals surface area contributed by atoms with Crippen molar-refractivity contribution in [1.82, 2.24) is 9.97 Å². The van der Waals surface area contributed by atoms with Crippen LogP contribution in [-0.2, 0) is 0 Å². The number of allylic oxidation sites excluding steroid dienone is 1. The van der Waals surface area contributed by atoms with Gasteiger partial charge >= 0.3 is 0 Å². The second kappa shape index (κ2) is 5.30. The fourth-order valence-corrected chi connectivity index (χ4v) is 0.951. The van der Waals surface area contributed by atoms with Gasteiger partial charge in [-0.1, -0.05) is 11.6 Å². The third kappa shape index (κ3) is 4.25. The highest BCUT2D eigenvalue weighted by atomic mass is 15.0. The highest BCUT2D eigenvalue weighted by Crippen LogP contribution is 1.98. The first-order valence-electron chi connectivity index (χ1n) is 4.42. The van der Waals surface area contributed by atoms with Crippen molar-refractivity contribution in [3.05, 3.63) is 30.2 Å². The van der Waals surface area contributed by atoms with Crippen LogP contribution in [0.2, 0.25) is 0 Å². The summed E-state index contributed by atoms with van der Waals surface area (Å²) < 4.78 is 0. The Morgan fingerprint density at radius 3 is 2.92 bits per heavy atom. The lowest BCUT2D eigenvalue weighted by Gasteiger charge is -2.01. The van der Waals surface area contributed by atoms with Crippen LogP contribution in [0, 0.1) is 0 Å². The van der Waals surface area contributed by atoms with Crippen molar-refractivity contribution in [2.24, 2.45) is 0 Å². The maximum Gasteiger partial charge on any atom is 0.144 e.